The molecule has 3 heterocycles. The van der Waals surface area contributed by atoms with E-state index in [1.54, 1.807) is 28.1 Å². The molecule has 3 saturated heterocycles. The zero-order chi connectivity index (χ0) is 37.2. The van der Waals surface area contributed by atoms with E-state index in [4.69, 9.17) is 39.1 Å². The van der Waals surface area contributed by atoms with Crippen LogP contribution >= 0.6 is 23.2 Å². The monoisotopic (exact) mass is 754 g/mol. The van der Waals surface area contributed by atoms with E-state index in [-0.39, 0.29) is 63.0 Å². The molecular formula is C40H40Cl2N6O5. The van der Waals surface area contributed by atoms with Crippen LogP contribution in [0.3, 0.4) is 0 Å². The second-order valence-electron chi connectivity index (χ2n) is 13.6. The summed E-state index contributed by atoms with van der Waals surface area (Å²) in [5.41, 5.74) is 2.66. The number of fused-ring (bicyclic) bond motifs is 2. The minimum Gasteiger partial charge on any atom is -0.461 e. The maximum absolute atomic E-state index is 14.5. The maximum Gasteiger partial charge on any atom is 0.246 e. The van der Waals surface area contributed by atoms with Gasteiger partial charge in [0, 0.05) is 19.5 Å². The minimum absolute atomic E-state index is 0.0283. The molecule has 7 rings (SSSR count). The second kappa shape index (κ2) is 15.7. The number of hydrogen-bond acceptors (Lipinski definition) is 8. The predicted octanol–water partition coefficient (Wildman–Crippen LogP) is 4.36. The molecule has 53 heavy (non-hydrogen) atoms. The molecule has 3 amide bonds. The van der Waals surface area contributed by atoms with E-state index >= 15 is 0 Å². The van der Waals surface area contributed by atoms with Crippen LogP contribution in [-0.2, 0) is 38.6 Å². The highest BCUT2D eigenvalue weighted by Gasteiger charge is 2.51. The standard InChI is InChI=1S/C40H40Cl2N6O5/c1-4-18-46(23-35(49)43-21-27-14-17-32(41)33(42)19-27)47-25-37(50)48-34(20-26-12-15-30(16-13-26)52-40-39(53-40)44(2)3)38(51)45(24-36(47)48)22-29-10-7-9-28-8-5-6-11-31(28)29/h1,5-17,19,34,36,39-40H,18,20-25H2,2-3H3,(H,43,49)/t34-,36+,39?,40?/m0/s1. The first kappa shape index (κ1) is 36.7. The molecule has 4 atom stereocenters. The summed E-state index contributed by atoms with van der Waals surface area (Å²) in [6, 6.07) is 26.1. The fourth-order valence-corrected chi connectivity index (χ4v) is 7.41. The Bertz CT molecular complexity index is 2050. The van der Waals surface area contributed by atoms with Gasteiger partial charge in [0.15, 0.2) is 6.23 Å². The van der Waals surface area contributed by atoms with Crippen molar-refractivity contribution in [2.75, 3.05) is 40.3 Å². The van der Waals surface area contributed by atoms with Crippen LogP contribution in [0.5, 0.6) is 5.75 Å². The second-order valence-corrected chi connectivity index (χ2v) is 14.4. The average molecular weight is 756 g/mol. The summed E-state index contributed by atoms with van der Waals surface area (Å²) < 4.78 is 11.5. The van der Waals surface area contributed by atoms with E-state index in [1.165, 1.54) is 0 Å². The van der Waals surface area contributed by atoms with Crippen molar-refractivity contribution >= 4 is 51.7 Å². The first-order valence-corrected chi connectivity index (χ1v) is 18.1. The Morgan fingerprint density at radius 2 is 1.75 bits per heavy atom. The zero-order valence-electron chi connectivity index (χ0n) is 29.5. The highest BCUT2D eigenvalue weighted by Crippen LogP contribution is 2.32. The molecule has 4 aromatic carbocycles. The molecule has 13 heteroatoms. The lowest BCUT2D eigenvalue weighted by atomic mass is 9.99. The van der Waals surface area contributed by atoms with Crippen LogP contribution < -0.4 is 10.1 Å². The number of hydrogen-bond donors (Lipinski definition) is 1. The SMILES string of the molecule is C#CCN(CC(=O)NCc1ccc(Cl)c(Cl)c1)N1CC(=O)N2[C@@H](Cc3ccc(OC4OC4N(C)C)cc3)C(=O)N(Cc3cccc4ccccc34)C[C@@H]21. The number of halogens is 2. The number of hydrazine groups is 1. The number of carbonyl (C=O) groups excluding carboxylic acids is 3. The van der Waals surface area contributed by atoms with Gasteiger partial charge in [0.1, 0.15) is 18.0 Å². The smallest absolute Gasteiger partial charge is 0.246 e. The molecule has 2 unspecified atom stereocenters. The Labute approximate surface area is 318 Å². The third-order valence-electron chi connectivity index (χ3n) is 9.79. The fourth-order valence-electron chi connectivity index (χ4n) is 7.09. The summed E-state index contributed by atoms with van der Waals surface area (Å²) in [7, 11) is 3.85. The molecule has 0 spiro atoms. The largest absolute Gasteiger partial charge is 0.461 e. The number of benzene rings is 4. The van der Waals surface area contributed by atoms with Crippen molar-refractivity contribution in [1.82, 2.24) is 30.0 Å². The number of rotatable bonds is 13. The molecule has 0 bridgehead atoms. The molecular weight excluding hydrogens is 715 g/mol. The van der Waals surface area contributed by atoms with Crippen molar-refractivity contribution in [3.63, 3.8) is 0 Å². The lowest BCUT2D eigenvalue weighted by Crippen LogP contribution is -2.65. The van der Waals surface area contributed by atoms with Crippen molar-refractivity contribution < 1.29 is 23.9 Å². The van der Waals surface area contributed by atoms with Crippen LogP contribution in [0.1, 0.15) is 16.7 Å². The number of epoxide rings is 1. The average Bonchev–Trinajstić information content (AvgIpc) is 3.85. The van der Waals surface area contributed by atoms with Crippen LogP contribution in [-0.4, -0.2) is 107 Å². The molecule has 0 radical (unpaired) electrons. The van der Waals surface area contributed by atoms with Gasteiger partial charge >= 0.3 is 0 Å². The van der Waals surface area contributed by atoms with Gasteiger partial charge in [-0.15, -0.1) is 6.42 Å². The first-order chi connectivity index (χ1) is 25.6. The predicted molar refractivity (Wildman–Crippen MR) is 202 cm³/mol. The van der Waals surface area contributed by atoms with E-state index in [2.05, 4.69) is 17.3 Å². The normalized spacial score (nSPS) is 21.3. The quantitative estimate of drug-likeness (QED) is 0.159. The van der Waals surface area contributed by atoms with Gasteiger partial charge in [0.25, 0.3) is 0 Å². The summed E-state index contributed by atoms with van der Waals surface area (Å²) in [6.45, 7) is 0.782. The van der Waals surface area contributed by atoms with E-state index in [9.17, 15) is 14.4 Å². The molecule has 0 aromatic heterocycles. The molecule has 11 nitrogen and oxygen atoms in total. The molecule has 3 aliphatic heterocycles. The molecule has 274 valence electrons. The van der Waals surface area contributed by atoms with Crippen molar-refractivity contribution in [3.8, 4) is 18.1 Å². The Balaban J connectivity index is 1.13. The molecule has 0 saturated carbocycles. The van der Waals surface area contributed by atoms with Gasteiger partial charge in [0.05, 0.1) is 36.2 Å². The van der Waals surface area contributed by atoms with E-state index in [1.807, 2.05) is 89.6 Å². The van der Waals surface area contributed by atoms with Crippen LogP contribution in [0.4, 0.5) is 0 Å². The van der Waals surface area contributed by atoms with Crippen molar-refractivity contribution in [2.24, 2.45) is 0 Å². The van der Waals surface area contributed by atoms with Gasteiger partial charge < -0.3 is 24.6 Å². The molecule has 1 N–H and O–H groups in total. The molecule has 0 aliphatic carbocycles. The van der Waals surface area contributed by atoms with Crippen molar-refractivity contribution in [1.29, 1.82) is 0 Å². The highest BCUT2D eigenvalue weighted by atomic mass is 35.5. The Kier molecular flexibility index (Phi) is 10.9. The third kappa shape index (κ3) is 8.14. The van der Waals surface area contributed by atoms with Crippen LogP contribution in [0.15, 0.2) is 84.9 Å². The molecule has 3 aliphatic rings. The lowest BCUT2D eigenvalue weighted by Gasteiger charge is -2.46. The number of amides is 3. The summed E-state index contributed by atoms with van der Waals surface area (Å²) in [6.07, 6.45) is 5.13. The fraction of sp³-hybridized carbons (Fsp3) is 0.325. The number of terminal acetylenes is 1. The number of nitrogens with one attached hydrogen (secondary N) is 1. The van der Waals surface area contributed by atoms with E-state index in [0.717, 1.165) is 27.5 Å². The minimum atomic E-state index is -0.783. The van der Waals surface area contributed by atoms with Gasteiger partial charge in [-0.05, 0) is 65.8 Å². The maximum atomic E-state index is 14.5. The van der Waals surface area contributed by atoms with Crippen molar-refractivity contribution in [3.05, 3.63) is 112 Å². The third-order valence-corrected chi connectivity index (χ3v) is 10.5. The number of ether oxygens (including phenoxy) is 2. The number of likely N-dealkylation sites (N-methyl/N-ethyl adjacent to an activating group) is 1. The van der Waals surface area contributed by atoms with Gasteiger partial charge in [-0.2, -0.15) is 0 Å². The summed E-state index contributed by atoms with van der Waals surface area (Å²) in [5, 5.41) is 9.42. The van der Waals surface area contributed by atoms with E-state index in [0.29, 0.717) is 28.8 Å². The van der Waals surface area contributed by atoms with Gasteiger partial charge in [0.2, 0.25) is 24.0 Å². The van der Waals surface area contributed by atoms with Gasteiger partial charge in [-0.1, -0.05) is 89.8 Å². The lowest BCUT2D eigenvalue weighted by molar-refractivity contribution is -0.160. The summed E-state index contributed by atoms with van der Waals surface area (Å²) in [5.74, 6) is 2.66. The van der Waals surface area contributed by atoms with Gasteiger partial charge in [-0.25, -0.2) is 10.0 Å². The molecule has 3 fully saturated rings. The summed E-state index contributed by atoms with van der Waals surface area (Å²) >= 11 is 12.2. The van der Waals surface area contributed by atoms with Gasteiger partial charge in [-0.3, -0.25) is 19.3 Å². The number of piperazine rings is 1. The van der Waals surface area contributed by atoms with Crippen LogP contribution in [0, 0.1) is 12.3 Å². The first-order valence-electron chi connectivity index (χ1n) is 17.4. The van der Waals surface area contributed by atoms with Crippen LogP contribution in [0.2, 0.25) is 10.0 Å². The van der Waals surface area contributed by atoms with Crippen LogP contribution in [0.25, 0.3) is 10.8 Å². The number of nitrogens with zero attached hydrogens (tertiary/aromatic N) is 5. The Hall–Kier alpha value is -4.67. The summed E-state index contributed by atoms with van der Waals surface area (Å²) in [4.78, 5) is 47.1. The Morgan fingerprint density at radius 1 is 1.00 bits per heavy atom. The van der Waals surface area contributed by atoms with Crippen molar-refractivity contribution in [2.45, 2.75) is 44.2 Å². The topological polar surface area (TPSA) is 101 Å². The highest BCUT2D eigenvalue weighted by molar-refractivity contribution is 6.42. The number of carbonyl (C=O) groups is 3. The van der Waals surface area contributed by atoms with E-state index < -0.39 is 12.2 Å². The zero-order valence-corrected chi connectivity index (χ0v) is 31.0. The Morgan fingerprint density at radius 3 is 2.49 bits per heavy atom. The molecule has 4 aromatic rings.